The zero-order valence-corrected chi connectivity index (χ0v) is 11.5. The Morgan fingerprint density at radius 1 is 1.47 bits per heavy atom. The molecule has 0 fully saturated rings. The van der Waals surface area contributed by atoms with E-state index >= 15 is 0 Å². The van der Waals surface area contributed by atoms with Crippen LogP contribution in [-0.2, 0) is 24.3 Å². The lowest BCUT2D eigenvalue weighted by molar-refractivity contribution is -0.121. The smallest absolute Gasteiger partial charge is 0.240 e. The first-order valence-corrected chi connectivity index (χ1v) is 6.57. The van der Waals surface area contributed by atoms with Gasteiger partial charge in [-0.15, -0.1) is 0 Å². The lowest BCUT2D eigenvalue weighted by atomic mass is 10.2. The Bertz CT molecular complexity index is 565. The van der Waals surface area contributed by atoms with Gasteiger partial charge in [0.2, 0.25) is 5.91 Å². The predicted octanol–water partition coefficient (Wildman–Crippen LogP) is 2.42. The van der Waals surface area contributed by atoms with Crippen LogP contribution in [-0.4, -0.2) is 15.5 Å². The molecule has 1 N–H and O–H groups in total. The van der Waals surface area contributed by atoms with Crippen LogP contribution in [0.4, 0.5) is 0 Å². The van der Waals surface area contributed by atoms with Crippen molar-refractivity contribution in [2.45, 2.75) is 26.4 Å². The molecule has 19 heavy (non-hydrogen) atoms. The molecule has 2 rings (SSSR count). The van der Waals surface area contributed by atoms with Crippen LogP contribution in [0.2, 0.25) is 5.02 Å². The fourth-order valence-corrected chi connectivity index (χ4v) is 1.96. The average Bonchev–Trinajstić information content (AvgIpc) is 2.84. The van der Waals surface area contributed by atoms with E-state index < -0.39 is 0 Å². The van der Waals surface area contributed by atoms with Crippen molar-refractivity contribution in [2.75, 3.05) is 0 Å². The van der Waals surface area contributed by atoms with Crippen molar-refractivity contribution >= 4 is 17.5 Å². The number of carbonyl (C=O) groups is 1. The molecule has 4 nitrogen and oxygen atoms in total. The van der Waals surface area contributed by atoms with E-state index in [1.165, 1.54) is 0 Å². The van der Waals surface area contributed by atoms with Crippen molar-refractivity contribution in [1.82, 2.24) is 14.9 Å². The van der Waals surface area contributed by atoms with Gasteiger partial charge in [0.15, 0.2) is 0 Å². The SMILES string of the molecule is CCc1cn(CC(=O)NCc2cccc(Cl)c2)cn1. The third kappa shape index (κ3) is 4.10. The summed E-state index contributed by atoms with van der Waals surface area (Å²) in [5.41, 5.74) is 1.98. The number of imidazole rings is 1. The molecule has 1 heterocycles. The highest BCUT2D eigenvalue weighted by atomic mass is 35.5. The van der Waals surface area contributed by atoms with Gasteiger partial charge in [-0.1, -0.05) is 30.7 Å². The zero-order chi connectivity index (χ0) is 13.7. The van der Waals surface area contributed by atoms with E-state index in [1.807, 2.05) is 37.4 Å². The van der Waals surface area contributed by atoms with Crippen LogP contribution in [0.5, 0.6) is 0 Å². The van der Waals surface area contributed by atoms with E-state index in [4.69, 9.17) is 11.6 Å². The first-order chi connectivity index (χ1) is 9.17. The van der Waals surface area contributed by atoms with Crippen molar-refractivity contribution in [3.8, 4) is 0 Å². The molecule has 0 atom stereocenters. The fourth-order valence-electron chi connectivity index (χ4n) is 1.74. The molecule has 1 aromatic carbocycles. The second-order valence-corrected chi connectivity index (χ2v) is 4.73. The molecule has 0 aliphatic heterocycles. The van der Waals surface area contributed by atoms with Crippen molar-refractivity contribution < 1.29 is 4.79 Å². The number of halogens is 1. The number of nitrogens with zero attached hydrogens (tertiary/aromatic N) is 2. The van der Waals surface area contributed by atoms with E-state index in [1.54, 1.807) is 10.9 Å². The summed E-state index contributed by atoms with van der Waals surface area (Å²) in [6.07, 6.45) is 4.44. The van der Waals surface area contributed by atoms with Gasteiger partial charge in [-0.2, -0.15) is 0 Å². The normalized spacial score (nSPS) is 10.4. The molecule has 1 amide bonds. The molecule has 0 bridgehead atoms. The van der Waals surface area contributed by atoms with E-state index in [0.29, 0.717) is 11.6 Å². The summed E-state index contributed by atoms with van der Waals surface area (Å²) in [5.74, 6) is -0.0416. The molecule has 100 valence electrons. The van der Waals surface area contributed by atoms with Gasteiger partial charge in [0, 0.05) is 17.8 Å². The van der Waals surface area contributed by atoms with Gasteiger partial charge in [-0.3, -0.25) is 4.79 Å². The maximum atomic E-state index is 11.8. The van der Waals surface area contributed by atoms with Gasteiger partial charge in [0.05, 0.1) is 12.0 Å². The van der Waals surface area contributed by atoms with Crippen molar-refractivity contribution in [3.63, 3.8) is 0 Å². The van der Waals surface area contributed by atoms with Crippen LogP contribution in [0, 0.1) is 0 Å². The van der Waals surface area contributed by atoms with Crippen LogP contribution in [0.3, 0.4) is 0 Å². The summed E-state index contributed by atoms with van der Waals surface area (Å²) in [5, 5.41) is 3.53. The van der Waals surface area contributed by atoms with E-state index in [2.05, 4.69) is 10.3 Å². The number of hydrogen-bond acceptors (Lipinski definition) is 2. The maximum absolute atomic E-state index is 11.8. The molecule has 0 spiro atoms. The minimum atomic E-state index is -0.0416. The summed E-state index contributed by atoms with van der Waals surface area (Å²) in [7, 11) is 0. The third-order valence-electron chi connectivity index (χ3n) is 2.75. The number of aryl methyl sites for hydroxylation is 1. The lowest BCUT2D eigenvalue weighted by Crippen LogP contribution is -2.26. The maximum Gasteiger partial charge on any atom is 0.240 e. The number of benzene rings is 1. The highest BCUT2D eigenvalue weighted by Gasteiger charge is 2.04. The zero-order valence-electron chi connectivity index (χ0n) is 10.8. The summed E-state index contributed by atoms with van der Waals surface area (Å²) in [4.78, 5) is 16.0. The molecule has 0 saturated carbocycles. The summed E-state index contributed by atoms with van der Waals surface area (Å²) in [6.45, 7) is 2.80. The first kappa shape index (κ1) is 13.6. The minimum Gasteiger partial charge on any atom is -0.350 e. The molecule has 0 aliphatic carbocycles. The Hall–Kier alpha value is -1.81. The molecule has 0 saturated heterocycles. The Morgan fingerprint density at radius 3 is 3.00 bits per heavy atom. The van der Waals surface area contributed by atoms with Crippen molar-refractivity contribution in [1.29, 1.82) is 0 Å². The van der Waals surface area contributed by atoms with Gasteiger partial charge < -0.3 is 9.88 Å². The Labute approximate surface area is 117 Å². The van der Waals surface area contributed by atoms with Gasteiger partial charge >= 0.3 is 0 Å². The second-order valence-electron chi connectivity index (χ2n) is 4.30. The summed E-state index contributed by atoms with van der Waals surface area (Å²) < 4.78 is 1.78. The minimum absolute atomic E-state index is 0.0416. The molecule has 1 aromatic heterocycles. The van der Waals surface area contributed by atoms with Crippen LogP contribution >= 0.6 is 11.6 Å². The lowest BCUT2D eigenvalue weighted by Gasteiger charge is -2.06. The number of hydrogen-bond donors (Lipinski definition) is 1. The van der Waals surface area contributed by atoms with Crippen LogP contribution < -0.4 is 5.32 Å². The van der Waals surface area contributed by atoms with Gasteiger partial charge in [-0.25, -0.2) is 4.98 Å². The summed E-state index contributed by atoms with van der Waals surface area (Å²) >= 11 is 5.88. The molecule has 2 aromatic rings. The van der Waals surface area contributed by atoms with Crippen LogP contribution in [0.1, 0.15) is 18.2 Å². The van der Waals surface area contributed by atoms with Crippen LogP contribution in [0.25, 0.3) is 0 Å². The molecule has 0 radical (unpaired) electrons. The van der Waals surface area contributed by atoms with Gasteiger partial charge in [0.1, 0.15) is 6.54 Å². The topological polar surface area (TPSA) is 46.9 Å². The van der Waals surface area contributed by atoms with Crippen molar-refractivity contribution in [3.05, 3.63) is 53.1 Å². The fraction of sp³-hybridized carbons (Fsp3) is 0.286. The Morgan fingerprint density at radius 2 is 2.32 bits per heavy atom. The largest absolute Gasteiger partial charge is 0.350 e. The second kappa shape index (κ2) is 6.38. The number of nitrogens with one attached hydrogen (secondary N) is 1. The number of amides is 1. The molecular weight excluding hydrogens is 262 g/mol. The molecule has 5 heteroatoms. The quantitative estimate of drug-likeness (QED) is 0.912. The number of aromatic nitrogens is 2. The molecule has 0 aliphatic rings. The third-order valence-corrected chi connectivity index (χ3v) is 2.99. The first-order valence-electron chi connectivity index (χ1n) is 6.19. The Kier molecular flexibility index (Phi) is 4.58. The highest BCUT2D eigenvalue weighted by Crippen LogP contribution is 2.10. The number of carbonyl (C=O) groups excluding carboxylic acids is 1. The highest BCUT2D eigenvalue weighted by molar-refractivity contribution is 6.30. The molecule has 0 unspecified atom stereocenters. The van der Waals surface area contributed by atoms with E-state index in [9.17, 15) is 4.79 Å². The van der Waals surface area contributed by atoms with E-state index in [-0.39, 0.29) is 12.5 Å². The van der Waals surface area contributed by atoms with Crippen molar-refractivity contribution in [2.24, 2.45) is 0 Å². The Balaban J connectivity index is 1.84. The average molecular weight is 278 g/mol. The van der Waals surface area contributed by atoms with Crippen LogP contribution in [0.15, 0.2) is 36.8 Å². The standard InChI is InChI=1S/C14H16ClN3O/c1-2-13-8-18(10-17-13)9-14(19)16-7-11-4-3-5-12(15)6-11/h3-6,8,10H,2,7,9H2,1H3,(H,16,19). The van der Waals surface area contributed by atoms with Gasteiger partial charge in [0.25, 0.3) is 0 Å². The van der Waals surface area contributed by atoms with E-state index in [0.717, 1.165) is 17.7 Å². The van der Waals surface area contributed by atoms with Gasteiger partial charge in [-0.05, 0) is 24.1 Å². The monoisotopic (exact) mass is 277 g/mol. The summed E-state index contributed by atoms with van der Waals surface area (Å²) in [6, 6.07) is 7.45. The predicted molar refractivity (Wildman–Crippen MR) is 74.9 cm³/mol. The number of rotatable bonds is 5. The molecular formula is C14H16ClN3O.